The Labute approximate surface area is 134 Å². The predicted octanol–water partition coefficient (Wildman–Crippen LogP) is 4.10. The molecule has 0 aromatic rings. The van der Waals surface area contributed by atoms with Crippen LogP contribution in [0.25, 0.3) is 0 Å². The van der Waals surface area contributed by atoms with Crippen LogP contribution in [-0.4, -0.2) is 17.8 Å². The molecule has 4 nitrogen and oxygen atoms in total. The Kier molecular flexibility index (Phi) is 8.86. The summed E-state index contributed by atoms with van der Waals surface area (Å²) >= 11 is 0. The molecule has 2 atom stereocenters. The van der Waals surface area contributed by atoms with E-state index >= 15 is 0 Å². The fraction of sp³-hybridized carbons (Fsp3) is 0.778. The topological polar surface area (TPSA) is 55.4 Å². The molecule has 126 valence electrons. The highest BCUT2D eigenvalue weighted by atomic mass is 16.5. The summed E-state index contributed by atoms with van der Waals surface area (Å²) in [5, 5.41) is 2.65. The molecule has 1 amide bonds. The Morgan fingerprint density at radius 3 is 2.45 bits per heavy atom. The lowest BCUT2D eigenvalue weighted by Gasteiger charge is -2.13. The lowest BCUT2D eigenvalue weighted by atomic mass is 10.0. The summed E-state index contributed by atoms with van der Waals surface area (Å²) in [5.74, 6) is 0.380. The lowest BCUT2D eigenvalue weighted by Crippen LogP contribution is -2.28. The van der Waals surface area contributed by atoms with Gasteiger partial charge in [0, 0.05) is 18.4 Å². The summed E-state index contributed by atoms with van der Waals surface area (Å²) < 4.78 is 5.55. The van der Waals surface area contributed by atoms with E-state index in [1.54, 1.807) is 0 Å². The highest BCUT2D eigenvalue weighted by molar-refractivity contribution is 5.92. The molecule has 0 radical (unpaired) electrons. The Morgan fingerprint density at radius 1 is 1.18 bits per heavy atom. The minimum Gasteiger partial charge on any atom is -0.465 e. The van der Waals surface area contributed by atoms with Crippen LogP contribution in [0.15, 0.2) is 12.0 Å². The molecule has 1 N–H and O–H groups in total. The summed E-state index contributed by atoms with van der Waals surface area (Å²) in [6, 6.07) is 0. The zero-order valence-corrected chi connectivity index (χ0v) is 14.3. The van der Waals surface area contributed by atoms with Crippen LogP contribution in [0.3, 0.4) is 0 Å². The van der Waals surface area contributed by atoms with Gasteiger partial charge in [-0.2, -0.15) is 0 Å². The molecule has 0 aliphatic carbocycles. The number of hydrogen-bond donors (Lipinski definition) is 1. The highest BCUT2D eigenvalue weighted by Crippen LogP contribution is 2.20. The molecular formula is C18H31NO3. The first-order valence-corrected chi connectivity index (χ1v) is 8.80. The van der Waals surface area contributed by atoms with Crippen molar-refractivity contribution >= 4 is 11.7 Å². The predicted molar refractivity (Wildman–Crippen MR) is 88.2 cm³/mol. The van der Waals surface area contributed by atoms with Crippen molar-refractivity contribution in [3.05, 3.63) is 12.0 Å². The van der Waals surface area contributed by atoms with Crippen molar-refractivity contribution in [3.63, 3.8) is 0 Å². The van der Waals surface area contributed by atoms with Gasteiger partial charge in [-0.05, 0) is 12.8 Å². The second-order valence-electron chi connectivity index (χ2n) is 6.26. The Balaban J connectivity index is 2.23. The van der Waals surface area contributed by atoms with Crippen molar-refractivity contribution in [3.8, 4) is 0 Å². The first-order valence-electron chi connectivity index (χ1n) is 8.80. The fourth-order valence-corrected chi connectivity index (χ4v) is 2.55. The first-order chi connectivity index (χ1) is 10.6. The zero-order valence-electron chi connectivity index (χ0n) is 14.3. The van der Waals surface area contributed by atoms with Crippen LogP contribution in [0.4, 0.5) is 0 Å². The molecule has 1 aliphatic heterocycles. The van der Waals surface area contributed by atoms with E-state index in [2.05, 4.69) is 12.2 Å². The van der Waals surface area contributed by atoms with E-state index in [4.69, 9.17) is 4.74 Å². The largest absolute Gasteiger partial charge is 0.465 e. The first kappa shape index (κ1) is 18.7. The molecule has 0 saturated carbocycles. The van der Waals surface area contributed by atoms with Gasteiger partial charge in [-0.3, -0.25) is 14.9 Å². The minimum absolute atomic E-state index is 0.0358. The molecule has 22 heavy (non-hydrogen) atoms. The van der Waals surface area contributed by atoms with Crippen LogP contribution >= 0.6 is 0 Å². The SMILES string of the molecule is CCCCCCCCCC(=O)/C=C1\NC(=O)[C@H](C(C)CC)O1. The van der Waals surface area contributed by atoms with Gasteiger partial charge in [0.1, 0.15) is 0 Å². The van der Waals surface area contributed by atoms with Crippen LogP contribution in [-0.2, 0) is 14.3 Å². The van der Waals surface area contributed by atoms with Crippen LogP contribution in [0.5, 0.6) is 0 Å². The molecule has 0 aromatic carbocycles. The summed E-state index contributed by atoms with van der Waals surface area (Å²) in [6.07, 6.45) is 10.7. The lowest BCUT2D eigenvalue weighted by molar-refractivity contribution is -0.125. The van der Waals surface area contributed by atoms with Crippen molar-refractivity contribution < 1.29 is 14.3 Å². The van der Waals surface area contributed by atoms with E-state index in [1.165, 1.54) is 38.2 Å². The van der Waals surface area contributed by atoms with Crippen LogP contribution in [0.1, 0.15) is 78.6 Å². The second kappa shape index (κ2) is 10.4. The molecular weight excluding hydrogens is 278 g/mol. The number of carbonyl (C=O) groups excluding carboxylic acids is 2. The van der Waals surface area contributed by atoms with Crippen LogP contribution < -0.4 is 5.32 Å². The molecule has 1 rings (SSSR count). The molecule has 1 aliphatic rings. The van der Waals surface area contributed by atoms with Crippen molar-refractivity contribution in [1.82, 2.24) is 5.32 Å². The number of allylic oxidation sites excluding steroid dienone is 1. The van der Waals surface area contributed by atoms with Gasteiger partial charge in [-0.25, -0.2) is 0 Å². The van der Waals surface area contributed by atoms with Crippen molar-refractivity contribution in [2.24, 2.45) is 5.92 Å². The number of ether oxygens (including phenoxy) is 1. The summed E-state index contributed by atoms with van der Waals surface area (Å²) in [7, 11) is 0. The Morgan fingerprint density at radius 2 is 1.82 bits per heavy atom. The van der Waals surface area contributed by atoms with Gasteiger partial charge >= 0.3 is 0 Å². The van der Waals surface area contributed by atoms with Crippen molar-refractivity contribution in [1.29, 1.82) is 0 Å². The van der Waals surface area contributed by atoms with Gasteiger partial charge in [0.25, 0.3) is 5.91 Å². The van der Waals surface area contributed by atoms with E-state index < -0.39 is 6.10 Å². The van der Waals surface area contributed by atoms with Gasteiger partial charge in [0.2, 0.25) is 0 Å². The average molecular weight is 309 g/mol. The smallest absolute Gasteiger partial charge is 0.268 e. The molecule has 1 fully saturated rings. The second-order valence-corrected chi connectivity index (χ2v) is 6.26. The molecule has 0 aromatic heterocycles. The molecule has 4 heteroatoms. The van der Waals surface area contributed by atoms with Crippen LogP contribution in [0.2, 0.25) is 0 Å². The van der Waals surface area contributed by atoms with Gasteiger partial charge in [-0.15, -0.1) is 0 Å². The third-order valence-electron chi connectivity index (χ3n) is 4.24. The highest BCUT2D eigenvalue weighted by Gasteiger charge is 2.33. The molecule has 0 bridgehead atoms. The van der Waals surface area contributed by atoms with Gasteiger partial charge in [-0.1, -0.05) is 59.3 Å². The number of nitrogens with one attached hydrogen (secondary N) is 1. The van der Waals surface area contributed by atoms with E-state index in [1.807, 2.05) is 13.8 Å². The van der Waals surface area contributed by atoms with Gasteiger partial charge in [0.05, 0.1) is 0 Å². The summed E-state index contributed by atoms with van der Waals surface area (Å²) in [6.45, 7) is 6.21. The number of unbranched alkanes of at least 4 members (excludes halogenated alkanes) is 6. The number of ketones is 1. The molecule has 0 spiro atoms. The van der Waals surface area contributed by atoms with Gasteiger partial charge < -0.3 is 4.74 Å². The van der Waals surface area contributed by atoms with Gasteiger partial charge in [0.15, 0.2) is 17.8 Å². The third kappa shape index (κ3) is 6.63. The summed E-state index contributed by atoms with van der Waals surface area (Å²) in [4.78, 5) is 23.6. The normalized spacial score (nSPS) is 20.8. The average Bonchev–Trinajstić information content (AvgIpc) is 2.86. The Bertz CT molecular complexity index is 390. The number of rotatable bonds is 11. The zero-order chi connectivity index (χ0) is 16.4. The molecule has 1 unspecified atom stereocenters. The molecule has 1 heterocycles. The maximum atomic E-state index is 11.9. The van der Waals surface area contributed by atoms with E-state index in [0.717, 1.165) is 19.3 Å². The number of amides is 1. The van der Waals surface area contributed by atoms with E-state index in [-0.39, 0.29) is 17.6 Å². The standard InChI is InChI=1S/C18H31NO3/c1-4-6-7-8-9-10-11-12-15(20)13-16-19-18(21)17(22-16)14(3)5-2/h13-14,17H,4-12H2,1-3H3,(H,19,21)/b16-13+/t14?,17-/m0/s1. The maximum Gasteiger partial charge on any atom is 0.268 e. The maximum absolute atomic E-state index is 11.9. The van der Waals surface area contributed by atoms with E-state index in [0.29, 0.717) is 12.3 Å². The van der Waals surface area contributed by atoms with Crippen LogP contribution in [0, 0.1) is 5.92 Å². The minimum atomic E-state index is -0.456. The van der Waals surface area contributed by atoms with E-state index in [9.17, 15) is 9.59 Å². The van der Waals surface area contributed by atoms with Crippen molar-refractivity contribution in [2.45, 2.75) is 84.7 Å². The monoisotopic (exact) mass is 309 g/mol. The van der Waals surface area contributed by atoms with Crippen molar-refractivity contribution in [2.75, 3.05) is 0 Å². The summed E-state index contributed by atoms with van der Waals surface area (Å²) in [5.41, 5.74) is 0. The fourth-order valence-electron chi connectivity index (χ4n) is 2.55. The molecule has 1 saturated heterocycles. The quantitative estimate of drug-likeness (QED) is 0.462. The Hall–Kier alpha value is -1.32. The number of hydrogen-bond acceptors (Lipinski definition) is 3. The third-order valence-corrected chi connectivity index (χ3v) is 4.24. The number of carbonyl (C=O) groups is 2.